The highest BCUT2D eigenvalue weighted by Crippen LogP contribution is 2.30. The molecular formula is C22H31FN4O3S. The lowest BCUT2D eigenvalue weighted by molar-refractivity contribution is -0.138. The van der Waals surface area contributed by atoms with Gasteiger partial charge in [0.2, 0.25) is 15.9 Å². The third-order valence-electron chi connectivity index (χ3n) is 6.48. The number of carbonyl (C=O) groups excluding carboxylic acids is 1. The van der Waals surface area contributed by atoms with E-state index in [-0.39, 0.29) is 34.7 Å². The summed E-state index contributed by atoms with van der Waals surface area (Å²) in [6.45, 7) is 8.00. The van der Waals surface area contributed by atoms with E-state index in [2.05, 4.69) is 23.5 Å². The SMILES string of the molecule is CC(C)N1CCN(C(=O)C2CCC(CNS(=O)(=O)c3ccc(F)c(C#N)c3)CC2)CC1. The monoisotopic (exact) mass is 450 g/mol. The number of piperazine rings is 1. The number of amides is 1. The minimum atomic E-state index is -3.82. The molecule has 1 saturated carbocycles. The van der Waals surface area contributed by atoms with Gasteiger partial charge in [0.15, 0.2) is 0 Å². The standard InChI is InChI=1S/C22H31FN4O3S/c1-16(2)26-9-11-27(12-10-26)22(28)18-5-3-17(4-6-18)15-25-31(29,30)20-7-8-21(23)19(13-20)14-24/h7-8,13,16-18,25H,3-6,9-12,15H2,1-2H3. The van der Waals surface area contributed by atoms with Crippen LogP contribution < -0.4 is 4.72 Å². The van der Waals surface area contributed by atoms with E-state index in [0.29, 0.717) is 6.04 Å². The van der Waals surface area contributed by atoms with Crippen molar-refractivity contribution < 1.29 is 17.6 Å². The summed E-state index contributed by atoms with van der Waals surface area (Å²) in [5.41, 5.74) is -0.295. The van der Waals surface area contributed by atoms with Crippen LogP contribution in [0.15, 0.2) is 23.1 Å². The van der Waals surface area contributed by atoms with Gasteiger partial charge in [-0.2, -0.15) is 5.26 Å². The summed E-state index contributed by atoms with van der Waals surface area (Å²) in [6.07, 6.45) is 3.12. The van der Waals surface area contributed by atoms with Crippen molar-refractivity contribution in [1.29, 1.82) is 5.26 Å². The van der Waals surface area contributed by atoms with Gasteiger partial charge >= 0.3 is 0 Å². The predicted octanol–water partition coefficient (Wildman–Crippen LogP) is 2.33. The van der Waals surface area contributed by atoms with Gasteiger partial charge in [-0.25, -0.2) is 17.5 Å². The zero-order valence-electron chi connectivity index (χ0n) is 18.2. The maximum absolute atomic E-state index is 13.5. The number of nitriles is 1. The molecule has 1 aliphatic carbocycles. The van der Waals surface area contributed by atoms with Crippen molar-refractivity contribution in [1.82, 2.24) is 14.5 Å². The summed E-state index contributed by atoms with van der Waals surface area (Å²) in [5, 5.41) is 8.90. The van der Waals surface area contributed by atoms with Crippen molar-refractivity contribution in [2.24, 2.45) is 11.8 Å². The van der Waals surface area contributed by atoms with E-state index in [9.17, 15) is 17.6 Å². The first-order valence-corrected chi connectivity index (χ1v) is 12.4. The van der Waals surface area contributed by atoms with Gasteiger partial charge in [-0.1, -0.05) is 0 Å². The predicted molar refractivity (Wildman–Crippen MR) is 115 cm³/mol. The number of hydrogen-bond donors (Lipinski definition) is 1. The molecule has 0 radical (unpaired) electrons. The molecule has 1 aromatic carbocycles. The first kappa shape index (κ1) is 23.6. The molecule has 1 amide bonds. The zero-order valence-corrected chi connectivity index (χ0v) is 19.0. The molecule has 0 unspecified atom stereocenters. The molecule has 1 saturated heterocycles. The molecule has 9 heteroatoms. The smallest absolute Gasteiger partial charge is 0.240 e. The number of halogens is 1. The number of nitrogens with one attached hydrogen (secondary N) is 1. The van der Waals surface area contributed by atoms with Gasteiger partial charge in [0.25, 0.3) is 0 Å². The minimum Gasteiger partial charge on any atom is -0.340 e. The fourth-order valence-corrected chi connectivity index (χ4v) is 5.54. The van der Waals surface area contributed by atoms with Crippen LogP contribution in [0.1, 0.15) is 45.1 Å². The van der Waals surface area contributed by atoms with Gasteiger partial charge in [-0.05, 0) is 63.6 Å². The highest BCUT2D eigenvalue weighted by atomic mass is 32.2. The third-order valence-corrected chi connectivity index (χ3v) is 7.90. The van der Waals surface area contributed by atoms with Gasteiger partial charge in [0.1, 0.15) is 11.9 Å². The van der Waals surface area contributed by atoms with Crippen LogP contribution >= 0.6 is 0 Å². The largest absolute Gasteiger partial charge is 0.340 e. The molecule has 0 bridgehead atoms. The maximum Gasteiger partial charge on any atom is 0.240 e. The average molecular weight is 451 g/mol. The second-order valence-electron chi connectivity index (χ2n) is 8.78. The van der Waals surface area contributed by atoms with Gasteiger partial charge < -0.3 is 4.90 Å². The van der Waals surface area contributed by atoms with Crippen LogP contribution in [0.4, 0.5) is 4.39 Å². The van der Waals surface area contributed by atoms with Crippen LogP contribution in [-0.2, 0) is 14.8 Å². The normalized spacial score (nSPS) is 23.0. The molecule has 2 fully saturated rings. The molecule has 7 nitrogen and oxygen atoms in total. The second-order valence-corrected chi connectivity index (χ2v) is 10.5. The van der Waals surface area contributed by atoms with Crippen molar-refractivity contribution in [2.75, 3.05) is 32.7 Å². The fourth-order valence-electron chi connectivity index (χ4n) is 4.40. The summed E-state index contributed by atoms with van der Waals surface area (Å²) in [7, 11) is -3.82. The highest BCUT2D eigenvalue weighted by Gasteiger charge is 2.32. The highest BCUT2D eigenvalue weighted by molar-refractivity contribution is 7.89. The van der Waals surface area contributed by atoms with Crippen molar-refractivity contribution in [3.63, 3.8) is 0 Å². The van der Waals surface area contributed by atoms with Crippen LogP contribution in [0, 0.1) is 29.0 Å². The van der Waals surface area contributed by atoms with E-state index < -0.39 is 15.8 Å². The van der Waals surface area contributed by atoms with Crippen molar-refractivity contribution in [3.05, 3.63) is 29.6 Å². The Bertz CT molecular complexity index is 929. The Morgan fingerprint density at radius 2 is 1.84 bits per heavy atom. The Kier molecular flexibility index (Phi) is 7.68. The number of benzene rings is 1. The first-order chi connectivity index (χ1) is 14.7. The average Bonchev–Trinajstić information content (AvgIpc) is 2.78. The zero-order chi connectivity index (χ0) is 22.6. The summed E-state index contributed by atoms with van der Waals surface area (Å²) < 4.78 is 41.0. The Balaban J connectivity index is 1.47. The Labute approximate surface area is 184 Å². The van der Waals surface area contributed by atoms with Gasteiger partial charge in [-0.15, -0.1) is 0 Å². The Morgan fingerprint density at radius 3 is 2.42 bits per heavy atom. The molecule has 2 aliphatic rings. The number of sulfonamides is 1. The third kappa shape index (κ3) is 5.82. The Morgan fingerprint density at radius 1 is 1.19 bits per heavy atom. The first-order valence-electron chi connectivity index (χ1n) is 10.9. The lowest BCUT2D eigenvalue weighted by Gasteiger charge is -2.39. The molecule has 1 heterocycles. The molecule has 0 aromatic heterocycles. The lowest BCUT2D eigenvalue weighted by atomic mass is 9.81. The quantitative estimate of drug-likeness (QED) is 0.718. The van der Waals surface area contributed by atoms with Crippen LogP contribution in [0.3, 0.4) is 0 Å². The van der Waals surface area contributed by atoms with Crippen molar-refractivity contribution >= 4 is 15.9 Å². The van der Waals surface area contributed by atoms with Crippen molar-refractivity contribution in [2.45, 2.75) is 50.5 Å². The van der Waals surface area contributed by atoms with Gasteiger partial charge in [-0.3, -0.25) is 9.69 Å². The number of nitrogens with zero attached hydrogens (tertiary/aromatic N) is 3. The molecular weight excluding hydrogens is 419 g/mol. The maximum atomic E-state index is 13.5. The van der Waals surface area contributed by atoms with Crippen LogP contribution in [-0.4, -0.2) is 62.9 Å². The molecule has 31 heavy (non-hydrogen) atoms. The minimum absolute atomic E-state index is 0.0220. The second kappa shape index (κ2) is 10.1. The summed E-state index contributed by atoms with van der Waals surface area (Å²) in [5.74, 6) is -0.325. The molecule has 1 N–H and O–H groups in total. The van der Waals surface area contributed by atoms with E-state index in [1.165, 1.54) is 0 Å². The molecule has 0 spiro atoms. The van der Waals surface area contributed by atoms with E-state index in [1.54, 1.807) is 6.07 Å². The molecule has 170 valence electrons. The van der Waals surface area contributed by atoms with Crippen molar-refractivity contribution in [3.8, 4) is 6.07 Å². The number of rotatable bonds is 6. The summed E-state index contributed by atoms with van der Waals surface area (Å²) in [4.78, 5) is 17.1. The van der Waals surface area contributed by atoms with Gasteiger partial charge in [0.05, 0.1) is 10.5 Å². The molecule has 3 rings (SSSR count). The number of carbonyl (C=O) groups is 1. The topological polar surface area (TPSA) is 93.5 Å². The summed E-state index contributed by atoms with van der Waals surface area (Å²) in [6, 6.07) is 5.35. The van der Waals surface area contributed by atoms with Crippen LogP contribution in [0.5, 0.6) is 0 Å². The fraction of sp³-hybridized carbons (Fsp3) is 0.636. The van der Waals surface area contributed by atoms with Gasteiger partial charge in [0, 0.05) is 44.7 Å². The van der Waals surface area contributed by atoms with E-state index in [1.807, 2.05) is 4.90 Å². The van der Waals surface area contributed by atoms with Crippen LogP contribution in [0.25, 0.3) is 0 Å². The van der Waals surface area contributed by atoms with E-state index in [0.717, 1.165) is 70.1 Å². The molecule has 1 aliphatic heterocycles. The molecule has 0 atom stereocenters. The van der Waals surface area contributed by atoms with E-state index in [4.69, 9.17) is 5.26 Å². The molecule has 1 aromatic rings. The Hall–Kier alpha value is -2.02. The summed E-state index contributed by atoms with van der Waals surface area (Å²) >= 11 is 0. The van der Waals surface area contributed by atoms with E-state index >= 15 is 0 Å². The number of hydrogen-bond acceptors (Lipinski definition) is 5. The lowest BCUT2D eigenvalue weighted by Crippen LogP contribution is -2.52. The van der Waals surface area contributed by atoms with Crippen LogP contribution in [0.2, 0.25) is 0 Å².